The molecule has 2 aromatic carbocycles. The first-order valence-electron chi connectivity index (χ1n) is 7.14. The Morgan fingerprint density at radius 2 is 1.91 bits per heavy atom. The van der Waals surface area contributed by atoms with E-state index in [2.05, 4.69) is 21.2 Å². The topological polar surface area (TPSA) is 47.6 Å². The highest BCUT2D eigenvalue weighted by molar-refractivity contribution is 9.10. The lowest BCUT2D eigenvalue weighted by molar-refractivity contribution is -0.123. The van der Waals surface area contributed by atoms with Gasteiger partial charge in [-0.1, -0.05) is 39.7 Å². The average molecular weight is 399 g/mol. The molecule has 122 valence electrons. The number of nitrogens with one attached hydrogen (secondary N) is 1. The third-order valence-electron chi connectivity index (χ3n) is 2.98. The molecular weight excluding hydrogens is 382 g/mol. The maximum atomic E-state index is 11.8. The second kappa shape index (κ2) is 8.79. The molecule has 1 amide bonds. The third kappa shape index (κ3) is 5.77. The van der Waals surface area contributed by atoms with Crippen molar-refractivity contribution < 1.29 is 14.3 Å². The summed E-state index contributed by atoms with van der Waals surface area (Å²) in [5, 5.41) is 3.25. The maximum Gasteiger partial charge on any atom is 0.258 e. The van der Waals surface area contributed by atoms with E-state index in [4.69, 9.17) is 21.1 Å². The molecular formula is C17H17BrClNO3. The number of benzene rings is 2. The Kier molecular flexibility index (Phi) is 6.74. The first-order valence-corrected chi connectivity index (χ1v) is 8.32. The summed E-state index contributed by atoms with van der Waals surface area (Å²) >= 11 is 9.34. The van der Waals surface area contributed by atoms with Crippen molar-refractivity contribution in [2.24, 2.45) is 0 Å². The molecule has 0 bridgehead atoms. The van der Waals surface area contributed by atoms with E-state index in [0.29, 0.717) is 23.9 Å². The van der Waals surface area contributed by atoms with Crippen molar-refractivity contribution in [1.29, 1.82) is 0 Å². The molecule has 0 fully saturated rings. The summed E-state index contributed by atoms with van der Waals surface area (Å²) in [6.45, 7) is 2.92. The zero-order valence-electron chi connectivity index (χ0n) is 12.6. The van der Waals surface area contributed by atoms with Crippen LogP contribution in [0.5, 0.6) is 11.5 Å². The molecule has 0 aliphatic carbocycles. The summed E-state index contributed by atoms with van der Waals surface area (Å²) in [6, 6.07) is 12.8. The van der Waals surface area contributed by atoms with Gasteiger partial charge in [-0.05, 0) is 42.8 Å². The molecule has 1 N–H and O–H groups in total. The molecule has 23 heavy (non-hydrogen) atoms. The summed E-state index contributed by atoms with van der Waals surface area (Å²) in [7, 11) is 0. The van der Waals surface area contributed by atoms with Gasteiger partial charge >= 0.3 is 0 Å². The standard InChI is InChI=1S/C17H17BrClNO3/c1-2-22-14-6-3-12(4-7-14)10-20-17(21)11-23-16-8-5-13(18)9-15(16)19/h3-9H,2,10-11H2,1H3,(H,20,21). The second-order valence-electron chi connectivity index (χ2n) is 4.72. The van der Waals surface area contributed by atoms with Crippen LogP contribution in [-0.2, 0) is 11.3 Å². The average Bonchev–Trinajstić information content (AvgIpc) is 2.54. The van der Waals surface area contributed by atoms with Gasteiger partial charge in [-0.25, -0.2) is 0 Å². The predicted molar refractivity (Wildman–Crippen MR) is 94.1 cm³/mol. The lowest BCUT2D eigenvalue weighted by Crippen LogP contribution is -2.28. The molecule has 0 aliphatic heterocycles. The summed E-state index contributed by atoms with van der Waals surface area (Å²) in [4.78, 5) is 11.8. The van der Waals surface area contributed by atoms with E-state index < -0.39 is 0 Å². The number of carbonyl (C=O) groups excluding carboxylic acids is 1. The molecule has 0 saturated carbocycles. The van der Waals surface area contributed by atoms with E-state index >= 15 is 0 Å². The van der Waals surface area contributed by atoms with Gasteiger partial charge in [0.2, 0.25) is 0 Å². The minimum atomic E-state index is -0.210. The monoisotopic (exact) mass is 397 g/mol. The van der Waals surface area contributed by atoms with Crippen LogP contribution < -0.4 is 14.8 Å². The highest BCUT2D eigenvalue weighted by atomic mass is 79.9. The Morgan fingerprint density at radius 3 is 2.57 bits per heavy atom. The minimum Gasteiger partial charge on any atom is -0.494 e. The fourth-order valence-corrected chi connectivity index (χ4v) is 2.59. The van der Waals surface area contributed by atoms with Crippen LogP contribution in [0.15, 0.2) is 46.9 Å². The molecule has 0 radical (unpaired) electrons. The van der Waals surface area contributed by atoms with Crippen molar-refractivity contribution in [3.05, 3.63) is 57.5 Å². The minimum absolute atomic E-state index is 0.0849. The predicted octanol–water partition coefficient (Wildman–Crippen LogP) is 4.20. The van der Waals surface area contributed by atoms with Crippen molar-refractivity contribution in [2.75, 3.05) is 13.2 Å². The van der Waals surface area contributed by atoms with Crippen LogP contribution in [0.25, 0.3) is 0 Å². The zero-order valence-corrected chi connectivity index (χ0v) is 15.0. The number of amides is 1. The van der Waals surface area contributed by atoms with E-state index in [1.807, 2.05) is 31.2 Å². The van der Waals surface area contributed by atoms with Gasteiger partial charge in [0.25, 0.3) is 5.91 Å². The number of hydrogen-bond acceptors (Lipinski definition) is 3. The van der Waals surface area contributed by atoms with Crippen LogP contribution in [0.3, 0.4) is 0 Å². The first kappa shape index (κ1) is 17.6. The molecule has 0 heterocycles. The van der Waals surface area contributed by atoms with Crippen LogP contribution in [0.2, 0.25) is 5.02 Å². The molecule has 2 aromatic rings. The van der Waals surface area contributed by atoms with Crippen molar-refractivity contribution in [2.45, 2.75) is 13.5 Å². The van der Waals surface area contributed by atoms with Crippen molar-refractivity contribution in [3.8, 4) is 11.5 Å². The SMILES string of the molecule is CCOc1ccc(CNC(=O)COc2ccc(Br)cc2Cl)cc1. The number of hydrogen-bond donors (Lipinski definition) is 1. The molecule has 2 rings (SSSR count). The maximum absolute atomic E-state index is 11.8. The van der Waals surface area contributed by atoms with Crippen LogP contribution in [0, 0.1) is 0 Å². The molecule has 0 saturated heterocycles. The smallest absolute Gasteiger partial charge is 0.258 e. The summed E-state index contributed by atoms with van der Waals surface area (Å²) in [5.74, 6) is 1.08. The quantitative estimate of drug-likeness (QED) is 0.760. The van der Waals surface area contributed by atoms with Gasteiger partial charge in [0.15, 0.2) is 6.61 Å². The normalized spacial score (nSPS) is 10.2. The number of halogens is 2. The fourth-order valence-electron chi connectivity index (χ4n) is 1.86. The largest absolute Gasteiger partial charge is 0.494 e. The van der Waals surface area contributed by atoms with Crippen LogP contribution >= 0.6 is 27.5 Å². The van der Waals surface area contributed by atoms with Gasteiger partial charge in [-0.15, -0.1) is 0 Å². The molecule has 6 heteroatoms. The van der Waals surface area contributed by atoms with Gasteiger partial charge in [-0.2, -0.15) is 0 Å². The molecule has 0 aromatic heterocycles. The Labute approximate surface area is 148 Å². The van der Waals surface area contributed by atoms with Gasteiger partial charge in [-0.3, -0.25) is 4.79 Å². The fraction of sp³-hybridized carbons (Fsp3) is 0.235. The van der Waals surface area contributed by atoms with E-state index in [1.165, 1.54) is 0 Å². The molecule has 0 atom stereocenters. The highest BCUT2D eigenvalue weighted by Gasteiger charge is 2.06. The molecule has 0 spiro atoms. The highest BCUT2D eigenvalue weighted by Crippen LogP contribution is 2.27. The van der Waals surface area contributed by atoms with E-state index in [-0.39, 0.29) is 12.5 Å². The van der Waals surface area contributed by atoms with Crippen LogP contribution in [0.4, 0.5) is 0 Å². The summed E-state index contributed by atoms with van der Waals surface area (Å²) < 4.78 is 11.6. The lowest BCUT2D eigenvalue weighted by atomic mass is 10.2. The van der Waals surface area contributed by atoms with Gasteiger partial charge in [0.05, 0.1) is 11.6 Å². The number of rotatable bonds is 7. The Hall–Kier alpha value is -1.72. The molecule has 0 aliphatic rings. The van der Waals surface area contributed by atoms with E-state index in [0.717, 1.165) is 15.8 Å². The number of carbonyl (C=O) groups is 1. The Morgan fingerprint density at radius 1 is 1.17 bits per heavy atom. The van der Waals surface area contributed by atoms with E-state index in [9.17, 15) is 4.79 Å². The van der Waals surface area contributed by atoms with Crippen molar-refractivity contribution in [1.82, 2.24) is 5.32 Å². The summed E-state index contributed by atoms with van der Waals surface area (Å²) in [5.41, 5.74) is 0.989. The number of ether oxygens (including phenoxy) is 2. The Balaban J connectivity index is 1.78. The summed E-state index contributed by atoms with van der Waals surface area (Å²) in [6.07, 6.45) is 0. The molecule has 0 unspecified atom stereocenters. The lowest BCUT2D eigenvalue weighted by Gasteiger charge is -2.09. The third-order valence-corrected chi connectivity index (χ3v) is 3.77. The first-order chi connectivity index (χ1) is 11.1. The van der Waals surface area contributed by atoms with Crippen molar-refractivity contribution >= 4 is 33.4 Å². The Bertz CT molecular complexity index is 661. The van der Waals surface area contributed by atoms with Crippen LogP contribution in [0.1, 0.15) is 12.5 Å². The van der Waals surface area contributed by atoms with Crippen molar-refractivity contribution in [3.63, 3.8) is 0 Å². The van der Waals surface area contributed by atoms with E-state index in [1.54, 1.807) is 18.2 Å². The van der Waals surface area contributed by atoms with Gasteiger partial charge in [0.1, 0.15) is 11.5 Å². The van der Waals surface area contributed by atoms with Gasteiger partial charge in [0, 0.05) is 11.0 Å². The second-order valence-corrected chi connectivity index (χ2v) is 6.04. The zero-order chi connectivity index (χ0) is 16.7. The van der Waals surface area contributed by atoms with Gasteiger partial charge < -0.3 is 14.8 Å². The molecule has 4 nitrogen and oxygen atoms in total. The van der Waals surface area contributed by atoms with Crippen LogP contribution in [-0.4, -0.2) is 19.1 Å².